The van der Waals surface area contributed by atoms with Crippen LogP contribution in [0.1, 0.15) is 11.3 Å². The molecule has 0 saturated heterocycles. The van der Waals surface area contributed by atoms with Gasteiger partial charge in [0.2, 0.25) is 0 Å². The first-order valence-electron chi connectivity index (χ1n) is 8.16. The minimum atomic E-state index is -0.606. The second kappa shape index (κ2) is 8.06. The van der Waals surface area contributed by atoms with Gasteiger partial charge in [0.25, 0.3) is 5.56 Å². The van der Waals surface area contributed by atoms with E-state index in [1.165, 1.54) is 10.6 Å². The van der Waals surface area contributed by atoms with Crippen molar-refractivity contribution in [2.75, 3.05) is 20.2 Å². The number of benzene rings is 1. The summed E-state index contributed by atoms with van der Waals surface area (Å²) in [7, 11) is 1.88. The number of ether oxygens (including phenoxy) is 1. The Morgan fingerprint density at radius 2 is 2.12 bits per heavy atom. The van der Waals surface area contributed by atoms with Crippen molar-refractivity contribution in [3.8, 4) is 0 Å². The average Bonchev–Trinajstić information content (AvgIpc) is 3.04. The molecule has 3 rings (SSSR count). The summed E-state index contributed by atoms with van der Waals surface area (Å²) >= 11 is 0. The third-order valence-corrected chi connectivity index (χ3v) is 3.81. The van der Waals surface area contributed by atoms with Gasteiger partial charge in [0.15, 0.2) is 5.65 Å². The molecule has 0 radical (unpaired) electrons. The molecule has 1 aromatic carbocycles. The van der Waals surface area contributed by atoms with E-state index in [4.69, 9.17) is 4.74 Å². The van der Waals surface area contributed by atoms with E-state index in [9.17, 15) is 9.90 Å². The fourth-order valence-corrected chi connectivity index (χ4v) is 2.70. The predicted octanol–water partition coefficient (Wildman–Crippen LogP) is 1.03. The van der Waals surface area contributed by atoms with Crippen LogP contribution in [0.3, 0.4) is 0 Å². The lowest BCUT2D eigenvalue weighted by molar-refractivity contribution is 0.0126. The van der Waals surface area contributed by atoms with E-state index in [0.717, 1.165) is 5.56 Å². The molecule has 2 N–H and O–H groups in total. The molecular formula is C18H22N4O3. The molecule has 25 heavy (non-hydrogen) atoms. The van der Waals surface area contributed by atoms with Gasteiger partial charge in [-0.2, -0.15) is 0 Å². The van der Waals surface area contributed by atoms with Gasteiger partial charge in [-0.1, -0.05) is 30.3 Å². The summed E-state index contributed by atoms with van der Waals surface area (Å²) in [5.74, 6) is 0. The second-order valence-electron chi connectivity index (χ2n) is 6.09. The van der Waals surface area contributed by atoms with Gasteiger partial charge in [-0.15, -0.1) is 0 Å². The quantitative estimate of drug-likeness (QED) is 0.639. The number of aromatic nitrogens is 3. The molecule has 132 valence electrons. The van der Waals surface area contributed by atoms with E-state index in [1.54, 1.807) is 12.3 Å². The van der Waals surface area contributed by atoms with Crippen LogP contribution >= 0.6 is 0 Å². The number of fused-ring (bicyclic) bond motifs is 1. The van der Waals surface area contributed by atoms with E-state index in [0.29, 0.717) is 31.0 Å². The highest BCUT2D eigenvalue weighted by Crippen LogP contribution is 2.04. The molecule has 0 saturated carbocycles. The van der Waals surface area contributed by atoms with Crippen molar-refractivity contribution in [1.29, 1.82) is 0 Å². The molecule has 3 aromatic rings. The zero-order valence-corrected chi connectivity index (χ0v) is 14.1. The number of aliphatic hydroxyl groups excluding tert-OH is 1. The molecule has 0 spiro atoms. The lowest BCUT2D eigenvalue weighted by Crippen LogP contribution is -2.32. The minimum absolute atomic E-state index is 0.148. The van der Waals surface area contributed by atoms with Crippen molar-refractivity contribution in [3.63, 3.8) is 0 Å². The zero-order valence-electron chi connectivity index (χ0n) is 14.1. The first kappa shape index (κ1) is 17.3. The zero-order chi connectivity index (χ0) is 17.6. The number of H-pyrrole nitrogens is 1. The maximum Gasteiger partial charge on any atom is 0.272 e. The van der Waals surface area contributed by atoms with Crippen molar-refractivity contribution in [2.24, 2.45) is 0 Å². The van der Waals surface area contributed by atoms with Crippen molar-refractivity contribution in [2.45, 2.75) is 19.3 Å². The van der Waals surface area contributed by atoms with E-state index in [-0.39, 0.29) is 12.2 Å². The summed E-state index contributed by atoms with van der Waals surface area (Å²) in [6.45, 7) is 1.64. The summed E-state index contributed by atoms with van der Waals surface area (Å²) in [4.78, 5) is 18.3. The van der Waals surface area contributed by atoms with Gasteiger partial charge in [0.05, 0.1) is 25.0 Å². The number of rotatable bonds is 8. The van der Waals surface area contributed by atoms with E-state index in [1.807, 2.05) is 42.3 Å². The maximum absolute atomic E-state index is 11.9. The van der Waals surface area contributed by atoms with Gasteiger partial charge in [-0.05, 0) is 12.6 Å². The highest BCUT2D eigenvalue weighted by Gasteiger charge is 2.11. The highest BCUT2D eigenvalue weighted by molar-refractivity contribution is 5.36. The molecule has 2 heterocycles. The monoisotopic (exact) mass is 342 g/mol. The van der Waals surface area contributed by atoms with Crippen molar-refractivity contribution in [3.05, 3.63) is 70.3 Å². The van der Waals surface area contributed by atoms with Crippen LogP contribution in [-0.2, 0) is 17.9 Å². The SMILES string of the molecule is CN(Cc1cc(=O)n2[nH]ccc2n1)C[C@@H](O)COCc1ccccc1. The van der Waals surface area contributed by atoms with Crippen molar-refractivity contribution >= 4 is 5.65 Å². The molecule has 7 nitrogen and oxygen atoms in total. The van der Waals surface area contributed by atoms with Gasteiger partial charge < -0.3 is 9.84 Å². The lowest BCUT2D eigenvalue weighted by atomic mass is 10.2. The highest BCUT2D eigenvalue weighted by atomic mass is 16.5. The predicted molar refractivity (Wildman–Crippen MR) is 94.3 cm³/mol. The number of aliphatic hydroxyl groups is 1. The second-order valence-corrected chi connectivity index (χ2v) is 6.09. The van der Waals surface area contributed by atoms with Crippen LogP contribution in [0.5, 0.6) is 0 Å². The molecule has 7 heteroatoms. The fourth-order valence-electron chi connectivity index (χ4n) is 2.70. The minimum Gasteiger partial charge on any atom is -0.389 e. The Hall–Kier alpha value is -2.48. The van der Waals surface area contributed by atoms with E-state index in [2.05, 4.69) is 10.1 Å². The van der Waals surface area contributed by atoms with E-state index < -0.39 is 6.10 Å². The number of likely N-dealkylation sites (N-methyl/N-ethyl adjacent to an activating group) is 1. The van der Waals surface area contributed by atoms with Gasteiger partial charge in [-0.25, -0.2) is 9.50 Å². The topological polar surface area (TPSA) is 82.9 Å². The number of aromatic amines is 1. The molecular weight excluding hydrogens is 320 g/mol. The number of hydrogen-bond acceptors (Lipinski definition) is 5. The van der Waals surface area contributed by atoms with Crippen LogP contribution in [-0.4, -0.2) is 50.9 Å². The van der Waals surface area contributed by atoms with Crippen LogP contribution in [0.25, 0.3) is 5.65 Å². The lowest BCUT2D eigenvalue weighted by Gasteiger charge is -2.20. The molecule has 0 aliphatic carbocycles. The summed E-state index contributed by atoms with van der Waals surface area (Å²) in [6.07, 6.45) is 1.07. The van der Waals surface area contributed by atoms with Crippen LogP contribution in [0, 0.1) is 0 Å². The summed E-state index contributed by atoms with van der Waals surface area (Å²) < 4.78 is 6.93. The Morgan fingerprint density at radius 3 is 2.92 bits per heavy atom. The molecule has 2 aromatic heterocycles. The Labute approximate surface area is 145 Å². The standard InChI is InChI=1S/C18H22N4O3/c1-21(10-15-9-18(24)22-17(20-15)7-8-19-22)11-16(23)13-25-12-14-5-3-2-4-6-14/h2-9,16,19,23H,10-13H2,1H3/t16-/m1/s1. The summed E-state index contributed by atoms with van der Waals surface area (Å²) in [5.41, 5.74) is 2.19. The Bertz CT molecular complexity index is 859. The van der Waals surface area contributed by atoms with Crippen LogP contribution in [0.15, 0.2) is 53.5 Å². The van der Waals surface area contributed by atoms with Crippen LogP contribution < -0.4 is 5.56 Å². The third-order valence-electron chi connectivity index (χ3n) is 3.81. The molecule has 1 atom stereocenters. The summed E-state index contributed by atoms with van der Waals surface area (Å²) in [6, 6.07) is 13.1. The Morgan fingerprint density at radius 1 is 1.32 bits per heavy atom. The largest absolute Gasteiger partial charge is 0.389 e. The average molecular weight is 342 g/mol. The molecule has 0 unspecified atom stereocenters. The van der Waals surface area contributed by atoms with Crippen LogP contribution in [0.4, 0.5) is 0 Å². The number of nitrogens with one attached hydrogen (secondary N) is 1. The summed E-state index contributed by atoms with van der Waals surface area (Å²) in [5, 5.41) is 12.9. The first-order chi connectivity index (χ1) is 12.1. The Kier molecular flexibility index (Phi) is 5.60. The van der Waals surface area contributed by atoms with Gasteiger partial charge in [-0.3, -0.25) is 14.8 Å². The first-order valence-corrected chi connectivity index (χ1v) is 8.16. The van der Waals surface area contributed by atoms with E-state index >= 15 is 0 Å². The van der Waals surface area contributed by atoms with Gasteiger partial charge in [0, 0.05) is 31.4 Å². The van der Waals surface area contributed by atoms with Gasteiger partial charge in [0.1, 0.15) is 0 Å². The molecule has 0 amide bonds. The smallest absolute Gasteiger partial charge is 0.272 e. The molecule has 0 bridgehead atoms. The third kappa shape index (κ3) is 4.76. The van der Waals surface area contributed by atoms with Crippen molar-refractivity contribution in [1.82, 2.24) is 19.5 Å². The Balaban J connectivity index is 1.47. The molecule has 0 aliphatic rings. The number of nitrogens with zero attached hydrogens (tertiary/aromatic N) is 3. The van der Waals surface area contributed by atoms with Gasteiger partial charge >= 0.3 is 0 Å². The van der Waals surface area contributed by atoms with Crippen LogP contribution in [0.2, 0.25) is 0 Å². The molecule has 0 fully saturated rings. The maximum atomic E-state index is 11.9. The normalized spacial score (nSPS) is 12.8. The molecule has 0 aliphatic heterocycles. The van der Waals surface area contributed by atoms with Crippen molar-refractivity contribution < 1.29 is 9.84 Å². The number of hydrogen-bond donors (Lipinski definition) is 2. The fraction of sp³-hybridized carbons (Fsp3) is 0.333.